The zero-order chi connectivity index (χ0) is 11.5. The fraction of sp³-hybridized carbons (Fsp3) is 0.0769. The van der Waals surface area contributed by atoms with E-state index < -0.39 is 5.82 Å². The van der Waals surface area contributed by atoms with Crippen molar-refractivity contribution in [3.63, 3.8) is 0 Å². The lowest BCUT2D eigenvalue weighted by molar-refractivity contribution is 0.440. The number of nitrogens with two attached hydrogens (primary N) is 1. The van der Waals surface area contributed by atoms with Crippen molar-refractivity contribution in [1.82, 2.24) is 0 Å². The molecule has 0 bridgehead atoms. The van der Waals surface area contributed by atoms with E-state index in [9.17, 15) is 4.39 Å². The van der Waals surface area contributed by atoms with E-state index in [4.69, 9.17) is 10.5 Å². The van der Waals surface area contributed by atoms with E-state index in [1.807, 2.05) is 18.2 Å². The Balaban J connectivity index is 2.33. The van der Waals surface area contributed by atoms with Gasteiger partial charge in [0.1, 0.15) is 5.75 Å². The fourth-order valence-corrected chi connectivity index (χ4v) is 1.37. The molecular formula is C13H12FNO. The van der Waals surface area contributed by atoms with Gasteiger partial charge >= 0.3 is 0 Å². The summed E-state index contributed by atoms with van der Waals surface area (Å²) < 4.78 is 19.2. The molecule has 0 fully saturated rings. The van der Waals surface area contributed by atoms with E-state index in [1.165, 1.54) is 6.07 Å². The Morgan fingerprint density at radius 3 is 2.44 bits per heavy atom. The van der Waals surface area contributed by atoms with Crippen molar-refractivity contribution in [3.8, 4) is 11.5 Å². The molecule has 2 nitrogen and oxygen atoms in total. The molecule has 0 aromatic heterocycles. The average molecular weight is 217 g/mol. The molecule has 0 saturated heterocycles. The summed E-state index contributed by atoms with van der Waals surface area (Å²) in [5.41, 5.74) is 6.43. The van der Waals surface area contributed by atoms with Gasteiger partial charge in [-0.3, -0.25) is 0 Å². The second-order valence-electron chi connectivity index (χ2n) is 3.51. The van der Waals surface area contributed by atoms with Crippen LogP contribution in [0.3, 0.4) is 0 Å². The lowest BCUT2D eigenvalue weighted by Crippen LogP contribution is -1.96. The van der Waals surface area contributed by atoms with Crippen LogP contribution in [-0.4, -0.2) is 0 Å². The molecular weight excluding hydrogens is 205 g/mol. The molecule has 0 amide bonds. The zero-order valence-electron chi connectivity index (χ0n) is 8.91. The molecule has 0 aliphatic heterocycles. The largest absolute Gasteiger partial charge is 0.454 e. The van der Waals surface area contributed by atoms with Crippen LogP contribution in [0.15, 0.2) is 42.5 Å². The number of nitrogen functional groups attached to an aromatic ring is 1. The molecule has 3 heteroatoms. The summed E-state index contributed by atoms with van der Waals surface area (Å²) in [5, 5.41) is 0. The van der Waals surface area contributed by atoms with E-state index in [0.717, 1.165) is 0 Å². The summed E-state index contributed by atoms with van der Waals surface area (Å²) in [4.78, 5) is 0. The van der Waals surface area contributed by atoms with Crippen LogP contribution >= 0.6 is 0 Å². The summed E-state index contributed by atoms with van der Waals surface area (Å²) in [6, 6.07) is 12.2. The van der Waals surface area contributed by atoms with Crippen molar-refractivity contribution in [2.45, 2.75) is 6.92 Å². The lowest BCUT2D eigenvalue weighted by Gasteiger charge is -2.09. The second kappa shape index (κ2) is 4.23. The van der Waals surface area contributed by atoms with Crippen LogP contribution in [0.1, 0.15) is 5.56 Å². The number of hydrogen-bond donors (Lipinski definition) is 1. The van der Waals surface area contributed by atoms with E-state index in [0.29, 0.717) is 17.0 Å². The van der Waals surface area contributed by atoms with Crippen LogP contribution in [0.2, 0.25) is 0 Å². The van der Waals surface area contributed by atoms with Gasteiger partial charge in [-0.15, -0.1) is 0 Å². The number of halogens is 1. The smallest absolute Gasteiger partial charge is 0.170 e. The van der Waals surface area contributed by atoms with Gasteiger partial charge in [-0.1, -0.05) is 18.2 Å². The summed E-state index contributed by atoms with van der Waals surface area (Å²) in [6.45, 7) is 1.63. The third-order valence-electron chi connectivity index (χ3n) is 2.36. The topological polar surface area (TPSA) is 35.2 Å². The Hall–Kier alpha value is -2.03. The molecule has 82 valence electrons. The van der Waals surface area contributed by atoms with Crippen LogP contribution in [0.5, 0.6) is 11.5 Å². The molecule has 0 unspecified atom stereocenters. The Morgan fingerprint density at radius 2 is 1.75 bits per heavy atom. The highest BCUT2D eigenvalue weighted by molar-refractivity contribution is 5.51. The normalized spacial score (nSPS) is 10.1. The van der Waals surface area contributed by atoms with E-state index in [-0.39, 0.29) is 5.75 Å². The van der Waals surface area contributed by atoms with Crippen LogP contribution in [0, 0.1) is 12.7 Å². The third-order valence-corrected chi connectivity index (χ3v) is 2.36. The number of ether oxygens (including phenoxy) is 1. The molecule has 2 aromatic carbocycles. The predicted octanol–water partition coefficient (Wildman–Crippen LogP) is 3.51. The monoisotopic (exact) mass is 217 g/mol. The Labute approximate surface area is 93.5 Å². The van der Waals surface area contributed by atoms with Gasteiger partial charge in [-0.05, 0) is 31.2 Å². The molecule has 2 aromatic rings. The maximum Gasteiger partial charge on any atom is 0.170 e. The van der Waals surface area contributed by atoms with Crippen LogP contribution < -0.4 is 10.5 Å². The Kier molecular flexibility index (Phi) is 2.77. The molecule has 0 spiro atoms. The highest BCUT2D eigenvalue weighted by Gasteiger charge is 2.09. The van der Waals surface area contributed by atoms with Gasteiger partial charge in [0.25, 0.3) is 0 Å². The van der Waals surface area contributed by atoms with E-state index >= 15 is 0 Å². The minimum atomic E-state index is -0.413. The van der Waals surface area contributed by atoms with E-state index in [2.05, 4.69) is 0 Å². The maximum atomic E-state index is 13.7. The van der Waals surface area contributed by atoms with Gasteiger partial charge in [0.15, 0.2) is 11.6 Å². The number of para-hydroxylation sites is 1. The first-order chi connectivity index (χ1) is 7.68. The number of rotatable bonds is 2. The molecule has 0 heterocycles. The van der Waals surface area contributed by atoms with Gasteiger partial charge in [0, 0.05) is 11.3 Å². The van der Waals surface area contributed by atoms with Crippen molar-refractivity contribution in [2.75, 3.05) is 5.73 Å². The van der Waals surface area contributed by atoms with Gasteiger partial charge in [-0.25, -0.2) is 4.39 Å². The van der Waals surface area contributed by atoms with Crippen LogP contribution in [0.25, 0.3) is 0 Å². The number of anilines is 1. The van der Waals surface area contributed by atoms with Crippen LogP contribution in [0.4, 0.5) is 10.1 Å². The minimum Gasteiger partial charge on any atom is -0.454 e. The molecule has 0 atom stereocenters. The first-order valence-corrected chi connectivity index (χ1v) is 4.96. The van der Waals surface area contributed by atoms with Crippen molar-refractivity contribution in [3.05, 3.63) is 53.8 Å². The highest BCUT2D eigenvalue weighted by Crippen LogP contribution is 2.28. The first-order valence-electron chi connectivity index (χ1n) is 4.96. The average Bonchev–Trinajstić information content (AvgIpc) is 2.31. The number of hydrogen-bond acceptors (Lipinski definition) is 2. The molecule has 16 heavy (non-hydrogen) atoms. The molecule has 0 aliphatic carbocycles. The SMILES string of the molecule is Cc1c(N)ccc(Oc2ccccc2)c1F. The van der Waals surface area contributed by atoms with Gasteiger partial charge in [0.2, 0.25) is 0 Å². The summed E-state index contributed by atoms with van der Waals surface area (Å²) >= 11 is 0. The quantitative estimate of drug-likeness (QED) is 0.781. The van der Waals surface area contributed by atoms with Gasteiger partial charge in [-0.2, -0.15) is 0 Å². The van der Waals surface area contributed by atoms with Crippen molar-refractivity contribution >= 4 is 5.69 Å². The fourth-order valence-electron chi connectivity index (χ4n) is 1.37. The lowest BCUT2D eigenvalue weighted by atomic mass is 10.2. The summed E-state index contributed by atoms with van der Waals surface area (Å²) in [5.74, 6) is 0.382. The summed E-state index contributed by atoms with van der Waals surface area (Å²) in [7, 11) is 0. The summed E-state index contributed by atoms with van der Waals surface area (Å²) in [6.07, 6.45) is 0. The van der Waals surface area contributed by atoms with Crippen molar-refractivity contribution in [2.24, 2.45) is 0 Å². The predicted molar refractivity (Wildman–Crippen MR) is 62.1 cm³/mol. The van der Waals surface area contributed by atoms with Gasteiger partial charge in [0.05, 0.1) is 0 Å². The number of benzene rings is 2. The Morgan fingerprint density at radius 1 is 1.06 bits per heavy atom. The second-order valence-corrected chi connectivity index (χ2v) is 3.51. The standard InChI is InChI=1S/C13H12FNO/c1-9-11(15)7-8-12(13(9)14)16-10-5-3-2-4-6-10/h2-8H,15H2,1H3. The van der Waals surface area contributed by atoms with E-state index in [1.54, 1.807) is 25.1 Å². The molecule has 0 saturated carbocycles. The first kappa shape index (κ1) is 10.5. The zero-order valence-corrected chi connectivity index (χ0v) is 8.91. The maximum absolute atomic E-state index is 13.7. The molecule has 0 aliphatic rings. The van der Waals surface area contributed by atoms with Crippen molar-refractivity contribution < 1.29 is 9.13 Å². The highest BCUT2D eigenvalue weighted by atomic mass is 19.1. The molecule has 2 rings (SSSR count). The van der Waals surface area contributed by atoms with Gasteiger partial charge < -0.3 is 10.5 Å². The van der Waals surface area contributed by atoms with Crippen LogP contribution in [-0.2, 0) is 0 Å². The molecule has 2 N–H and O–H groups in total. The third kappa shape index (κ3) is 1.98. The van der Waals surface area contributed by atoms with Crippen molar-refractivity contribution in [1.29, 1.82) is 0 Å². The Bertz CT molecular complexity index is 497. The minimum absolute atomic E-state index is 0.193. The molecule has 0 radical (unpaired) electrons.